The van der Waals surface area contributed by atoms with Crippen LogP contribution in [0.4, 0.5) is 0 Å². The molecular weight excluding hydrogens is 240 g/mol. The third-order valence-corrected chi connectivity index (χ3v) is 3.93. The van der Waals surface area contributed by atoms with Gasteiger partial charge >= 0.3 is 5.97 Å². The van der Waals surface area contributed by atoms with Crippen LogP contribution in [-0.2, 0) is 11.3 Å². The first-order valence-corrected chi connectivity index (χ1v) is 6.87. The van der Waals surface area contributed by atoms with Gasteiger partial charge in [0.25, 0.3) is 0 Å². The molecule has 1 heterocycles. The fourth-order valence-electron chi connectivity index (χ4n) is 2.85. The molecule has 104 valence electrons. The molecule has 0 aromatic heterocycles. The van der Waals surface area contributed by atoms with Gasteiger partial charge in [0.15, 0.2) is 0 Å². The molecule has 2 N–H and O–H groups in total. The molecule has 1 atom stereocenters. The zero-order valence-electron chi connectivity index (χ0n) is 11.4. The van der Waals surface area contributed by atoms with Crippen LogP contribution in [0.2, 0.25) is 0 Å². The lowest BCUT2D eigenvalue weighted by Gasteiger charge is -2.34. The van der Waals surface area contributed by atoms with E-state index in [9.17, 15) is 4.79 Å². The van der Waals surface area contributed by atoms with Crippen LogP contribution >= 0.6 is 0 Å². The standard InChI is InChI=1S/C15H22N2O2/c1-16-14(15(18)19)13-7-9-17(10-8-13)11-12-5-3-2-4-6-12/h2-6,13-14,16H,7-11H2,1H3,(H,18,19). The number of likely N-dealkylation sites (tertiary alicyclic amines) is 1. The van der Waals surface area contributed by atoms with E-state index in [-0.39, 0.29) is 5.92 Å². The summed E-state index contributed by atoms with van der Waals surface area (Å²) in [5, 5.41) is 12.1. The number of hydrogen-bond donors (Lipinski definition) is 2. The first-order chi connectivity index (χ1) is 9.20. The average molecular weight is 262 g/mol. The van der Waals surface area contributed by atoms with Crippen molar-refractivity contribution in [2.75, 3.05) is 20.1 Å². The fraction of sp³-hybridized carbons (Fsp3) is 0.533. The third-order valence-electron chi connectivity index (χ3n) is 3.93. The molecule has 1 fully saturated rings. The van der Waals surface area contributed by atoms with Crippen LogP contribution in [0.15, 0.2) is 30.3 Å². The Bertz CT molecular complexity index is 400. The van der Waals surface area contributed by atoms with Crippen LogP contribution in [0.5, 0.6) is 0 Å². The first-order valence-electron chi connectivity index (χ1n) is 6.87. The van der Waals surface area contributed by atoms with Crippen LogP contribution < -0.4 is 5.32 Å². The molecule has 0 radical (unpaired) electrons. The molecule has 1 aromatic carbocycles. The largest absolute Gasteiger partial charge is 0.480 e. The Hall–Kier alpha value is -1.39. The van der Waals surface area contributed by atoms with Gasteiger partial charge in [-0.15, -0.1) is 0 Å². The summed E-state index contributed by atoms with van der Waals surface area (Å²) in [4.78, 5) is 13.5. The van der Waals surface area contributed by atoms with Gasteiger partial charge in [-0.3, -0.25) is 9.69 Å². The number of nitrogens with one attached hydrogen (secondary N) is 1. The van der Waals surface area contributed by atoms with Gasteiger partial charge in [-0.25, -0.2) is 0 Å². The van der Waals surface area contributed by atoms with Crippen molar-refractivity contribution in [3.8, 4) is 0 Å². The molecule has 0 spiro atoms. The van der Waals surface area contributed by atoms with Crippen LogP contribution in [0.3, 0.4) is 0 Å². The van der Waals surface area contributed by atoms with E-state index in [1.807, 2.05) is 6.07 Å². The highest BCUT2D eigenvalue weighted by molar-refractivity contribution is 5.73. The van der Waals surface area contributed by atoms with Crippen molar-refractivity contribution >= 4 is 5.97 Å². The minimum Gasteiger partial charge on any atom is -0.480 e. The zero-order chi connectivity index (χ0) is 13.7. The topological polar surface area (TPSA) is 52.6 Å². The van der Waals surface area contributed by atoms with E-state index >= 15 is 0 Å². The van der Waals surface area contributed by atoms with Crippen LogP contribution in [0.1, 0.15) is 18.4 Å². The molecule has 0 amide bonds. The number of nitrogens with zero attached hydrogens (tertiary/aromatic N) is 1. The van der Waals surface area contributed by atoms with E-state index in [4.69, 9.17) is 5.11 Å². The molecule has 1 saturated heterocycles. The number of aliphatic carboxylic acids is 1. The monoisotopic (exact) mass is 262 g/mol. The lowest BCUT2D eigenvalue weighted by Crippen LogP contribution is -2.46. The lowest BCUT2D eigenvalue weighted by molar-refractivity contribution is -0.141. The number of rotatable bonds is 5. The Labute approximate surface area is 114 Å². The highest BCUT2D eigenvalue weighted by atomic mass is 16.4. The molecule has 0 aliphatic carbocycles. The van der Waals surface area contributed by atoms with Gasteiger partial charge in [-0.1, -0.05) is 30.3 Å². The fourth-order valence-corrected chi connectivity index (χ4v) is 2.85. The van der Waals surface area contributed by atoms with Gasteiger partial charge in [0, 0.05) is 6.54 Å². The number of benzene rings is 1. The van der Waals surface area contributed by atoms with E-state index in [0.717, 1.165) is 32.5 Å². The first kappa shape index (κ1) is 14.0. The summed E-state index contributed by atoms with van der Waals surface area (Å²) < 4.78 is 0. The maximum absolute atomic E-state index is 11.1. The van der Waals surface area contributed by atoms with Gasteiger partial charge in [-0.2, -0.15) is 0 Å². The summed E-state index contributed by atoms with van der Waals surface area (Å²) in [6.45, 7) is 2.92. The van der Waals surface area contributed by atoms with Crippen molar-refractivity contribution in [1.82, 2.24) is 10.2 Å². The Kier molecular flexibility index (Phi) is 4.93. The SMILES string of the molecule is CNC(C(=O)O)C1CCN(Cc2ccccc2)CC1. The maximum atomic E-state index is 11.1. The molecule has 19 heavy (non-hydrogen) atoms. The molecule has 1 aromatic rings. The normalized spacial score (nSPS) is 19.2. The van der Waals surface area contributed by atoms with E-state index in [1.165, 1.54) is 5.56 Å². The van der Waals surface area contributed by atoms with Gasteiger partial charge in [0.1, 0.15) is 6.04 Å². The van der Waals surface area contributed by atoms with E-state index in [1.54, 1.807) is 7.05 Å². The Morgan fingerprint density at radius 2 is 2.00 bits per heavy atom. The van der Waals surface area contributed by atoms with Crippen LogP contribution in [-0.4, -0.2) is 42.2 Å². The number of carbonyl (C=O) groups is 1. The quantitative estimate of drug-likeness (QED) is 0.846. The van der Waals surface area contributed by atoms with Gasteiger partial charge in [0.05, 0.1) is 0 Å². The van der Waals surface area contributed by atoms with Crippen molar-refractivity contribution in [1.29, 1.82) is 0 Å². The molecule has 1 aliphatic rings. The Balaban J connectivity index is 1.84. The molecule has 4 heteroatoms. The predicted octanol–water partition coefficient (Wildman–Crippen LogP) is 1.57. The highest BCUT2D eigenvalue weighted by Gasteiger charge is 2.29. The second-order valence-corrected chi connectivity index (χ2v) is 5.20. The highest BCUT2D eigenvalue weighted by Crippen LogP contribution is 2.22. The number of hydrogen-bond acceptors (Lipinski definition) is 3. The average Bonchev–Trinajstić information content (AvgIpc) is 2.42. The smallest absolute Gasteiger partial charge is 0.320 e. The molecule has 2 rings (SSSR count). The van der Waals surface area contributed by atoms with Crippen molar-refractivity contribution in [2.24, 2.45) is 5.92 Å². The number of likely N-dealkylation sites (N-methyl/N-ethyl adjacent to an activating group) is 1. The second-order valence-electron chi connectivity index (χ2n) is 5.20. The van der Waals surface area contributed by atoms with Crippen molar-refractivity contribution in [2.45, 2.75) is 25.4 Å². The van der Waals surface area contributed by atoms with E-state index < -0.39 is 12.0 Å². The van der Waals surface area contributed by atoms with E-state index in [0.29, 0.717) is 0 Å². The molecular formula is C15H22N2O2. The molecule has 1 aliphatic heterocycles. The van der Waals surface area contributed by atoms with Crippen LogP contribution in [0, 0.1) is 5.92 Å². The van der Waals surface area contributed by atoms with Crippen molar-refractivity contribution in [3.63, 3.8) is 0 Å². The molecule has 0 saturated carbocycles. The van der Waals surface area contributed by atoms with Gasteiger partial charge < -0.3 is 10.4 Å². The summed E-state index contributed by atoms with van der Waals surface area (Å²) >= 11 is 0. The second kappa shape index (κ2) is 6.68. The number of piperidine rings is 1. The number of carboxylic acid groups (broad SMARTS) is 1. The van der Waals surface area contributed by atoms with Crippen molar-refractivity contribution in [3.05, 3.63) is 35.9 Å². The van der Waals surface area contributed by atoms with E-state index in [2.05, 4.69) is 34.5 Å². The van der Waals surface area contributed by atoms with Gasteiger partial charge in [0.2, 0.25) is 0 Å². The van der Waals surface area contributed by atoms with Crippen molar-refractivity contribution < 1.29 is 9.90 Å². The summed E-state index contributed by atoms with van der Waals surface area (Å²) in [6.07, 6.45) is 1.90. The Morgan fingerprint density at radius 1 is 1.37 bits per heavy atom. The summed E-state index contributed by atoms with van der Waals surface area (Å²) in [7, 11) is 1.73. The number of carboxylic acids is 1. The summed E-state index contributed by atoms with van der Waals surface area (Å²) in [5.74, 6) is -0.487. The minimum absolute atomic E-state index is 0.245. The van der Waals surface area contributed by atoms with Gasteiger partial charge in [-0.05, 0) is 44.5 Å². The minimum atomic E-state index is -0.732. The Morgan fingerprint density at radius 3 is 2.53 bits per heavy atom. The molecule has 4 nitrogen and oxygen atoms in total. The zero-order valence-corrected chi connectivity index (χ0v) is 11.4. The summed E-state index contributed by atoms with van der Waals surface area (Å²) in [5.41, 5.74) is 1.32. The third kappa shape index (κ3) is 3.78. The lowest BCUT2D eigenvalue weighted by atomic mass is 9.89. The predicted molar refractivity (Wildman–Crippen MR) is 74.9 cm³/mol. The summed E-state index contributed by atoms with van der Waals surface area (Å²) in [6, 6.07) is 10.0. The maximum Gasteiger partial charge on any atom is 0.320 e. The molecule has 0 bridgehead atoms. The molecule has 1 unspecified atom stereocenters. The van der Waals surface area contributed by atoms with Crippen LogP contribution in [0.25, 0.3) is 0 Å².